The van der Waals surface area contributed by atoms with Crippen molar-refractivity contribution in [2.45, 2.75) is 65.0 Å². The number of urea groups is 1. The summed E-state index contributed by atoms with van der Waals surface area (Å²) in [4.78, 5) is 39.0. The van der Waals surface area contributed by atoms with Crippen LogP contribution in [0.1, 0.15) is 58.9 Å². The highest BCUT2D eigenvalue weighted by Crippen LogP contribution is 2.33. The Morgan fingerprint density at radius 3 is 2.41 bits per heavy atom. The fraction of sp³-hybridized carbons (Fsp3) is 0.571. The van der Waals surface area contributed by atoms with E-state index in [9.17, 15) is 14.4 Å². The molecule has 0 radical (unpaired) electrons. The smallest absolute Gasteiger partial charge is 0.325 e. The van der Waals surface area contributed by atoms with E-state index in [0.717, 1.165) is 29.7 Å². The van der Waals surface area contributed by atoms with E-state index in [1.54, 1.807) is 0 Å². The van der Waals surface area contributed by atoms with Gasteiger partial charge in [0, 0.05) is 6.04 Å². The minimum Gasteiger partial charge on any atom is -0.352 e. The van der Waals surface area contributed by atoms with E-state index in [2.05, 4.69) is 24.5 Å². The Kier molecular flexibility index (Phi) is 6.99. The number of carbonyl (C=O) groups excluding carboxylic acids is 3. The van der Waals surface area contributed by atoms with Gasteiger partial charge in [0.2, 0.25) is 5.91 Å². The molecule has 0 unspecified atom stereocenters. The number of amides is 4. The molecule has 0 saturated carbocycles. The molecule has 0 aromatic heterocycles. The first-order chi connectivity index (χ1) is 12.8. The Bertz CT molecular complexity index is 675. The number of benzene rings is 1. The molecular formula is C21H31N3O3. The average Bonchev–Trinajstić information content (AvgIpc) is 2.86. The molecule has 2 atom stereocenters. The highest BCUT2D eigenvalue weighted by Gasteiger charge is 2.52. The summed E-state index contributed by atoms with van der Waals surface area (Å²) in [5.74, 6) is -0.100. The third-order valence-corrected chi connectivity index (χ3v) is 4.95. The Balaban J connectivity index is 2.09. The second-order valence-corrected chi connectivity index (χ2v) is 7.78. The minimum absolute atomic E-state index is 0.00943. The fourth-order valence-corrected chi connectivity index (χ4v) is 3.50. The molecule has 1 saturated heterocycles. The largest absolute Gasteiger partial charge is 0.352 e. The van der Waals surface area contributed by atoms with Gasteiger partial charge in [0.1, 0.15) is 12.1 Å². The van der Waals surface area contributed by atoms with Crippen LogP contribution in [0.2, 0.25) is 0 Å². The maximum absolute atomic E-state index is 13.1. The molecule has 4 amide bonds. The van der Waals surface area contributed by atoms with Crippen molar-refractivity contribution in [2.24, 2.45) is 5.92 Å². The van der Waals surface area contributed by atoms with Crippen molar-refractivity contribution in [1.82, 2.24) is 15.5 Å². The van der Waals surface area contributed by atoms with Crippen molar-refractivity contribution >= 4 is 17.8 Å². The summed E-state index contributed by atoms with van der Waals surface area (Å²) >= 11 is 0. The lowest BCUT2D eigenvalue weighted by Crippen LogP contribution is -2.46. The first-order valence-electron chi connectivity index (χ1n) is 9.79. The molecule has 148 valence electrons. The van der Waals surface area contributed by atoms with Gasteiger partial charge < -0.3 is 10.6 Å². The molecule has 1 aliphatic heterocycles. The van der Waals surface area contributed by atoms with E-state index < -0.39 is 11.6 Å². The first kappa shape index (κ1) is 20.9. The second-order valence-electron chi connectivity index (χ2n) is 7.78. The molecule has 1 aliphatic rings. The van der Waals surface area contributed by atoms with Gasteiger partial charge in [0.15, 0.2) is 0 Å². The number of rotatable bonds is 9. The summed E-state index contributed by atoms with van der Waals surface area (Å²) in [6, 6.07) is 8.73. The highest BCUT2D eigenvalue weighted by atomic mass is 16.2. The lowest BCUT2D eigenvalue weighted by atomic mass is 9.85. The summed E-state index contributed by atoms with van der Waals surface area (Å²) < 4.78 is 0. The molecule has 1 heterocycles. The van der Waals surface area contributed by atoms with E-state index in [4.69, 9.17) is 0 Å². The normalized spacial score (nSPS) is 20.7. The number of hydrogen-bond donors (Lipinski definition) is 2. The van der Waals surface area contributed by atoms with Crippen LogP contribution in [0.15, 0.2) is 30.3 Å². The number of hydrogen-bond acceptors (Lipinski definition) is 3. The van der Waals surface area contributed by atoms with Crippen LogP contribution in [0.3, 0.4) is 0 Å². The zero-order valence-corrected chi connectivity index (χ0v) is 16.7. The van der Waals surface area contributed by atoms with E-state index >= 15 is 0 Å². The molecule has 0 bridgehead atoms. The van der Waals surface area contributed by atoms with Crippen molar-refractivity contribution in [3.63, 3.8) is 0 Å². The number of nitrogens with zero attached hydrogens (tertiary/aromatic N) is 1. The van der Waals surface area contributed by atoms with Crippen LogP contribution in [0.5, 0.6) is 0 Å². The SMILES string of the molecule is CCC[C@@]1(c2ccccc2)NC(=O)N(CC(=O)N[C@@H](C)CCC(C)C)C1=O. The van der Waals surface area contributed by atoms with Gasteiger partial charge in [-0.3, -0.25) is 14.5 Å². The molecule has 1 aromatic rings. The van der Waals surface area contributed by atoms with Gasteiger partial charge in [0.25, 0.3) is 5.91 Å². The summed E-state index contributed by atoms with van der Waals surface area (Å²) in [7, 11) is 0. The van der Waals surface area contributed by atoms with Gasteiger partial charge in [-0.25, -0.2) is 4.79 Å². The van der Waals surface area contributed by atoms with Crippen molar-refractivity contribution < 1.29 is 14.4 Å². The monoisotopic (exact) mass is 373 g/mol. The van der Waals surface area contributed by atoms with Gasteiger partial charge in [-0.05, 0) is 37.7 Å². The number of carbonyl (C=O) groups is 3. The second kappa shape index (κ2) is 9.02. The third-order valence-electron chi connectivity index (χ3n) is 4.95. The molecule has 6 nitrogen and oxygen atoms in total. The maximum Gasteiger partial charge on any atom is 0.325 e. The summed E-state index contributed by atoms with van der Waals surface area (Å²) in [5.41, 5.74) is -0.338. The first-order valence-corrected chi connectivity index (χ1v) is 9.79. The van der Waals surface area contributed by atoms with Crippen molar-refractivity contribution in [2.75, 3.05) is 6.54 Å². The fourth-order valence-electron chi connectivity index (χ4n) is 3.50. The van der Waals surface area contributed by atoms with E-state index in [-0.39, 0.29) is 24.4 Å². The van der Waals surface area contributed by atoms with Crippen LogP contribution in [0.4, 0.5) is 4.79 Å². The molecule has 6 heteroatoms. The van der Waals surface area contributed by atoms with E-state index in [0.29, 0.717) is 12.3 Å². The Morgan fingerprint density at radius 1 is 1.15 bits per heavy atom. The van der Waals surface area contributed by atoms with Crippen molar-refractivity contribution in [1.29, 1.82) is 0 Å². The van der Waals surface area contributed by atoms with Crippen LogP contribution < -0.4 is 10.6 Å². The third kappa shape index (κ3) is 4.87. The predicted molar refractivity (Wildman–Crippen MR) is 105 cm³/mol. The van der Waals surface area contributed by atoms with E-state index in [1.165, 1.54) is 0 Å². The molecule has 2 rings (SSSR count). The quantitative estimate of drug-likeness (QED) is 0.653. The van der Waals surface area contributed by atoms with Crippen LogP contribution in [-0.2, 0) is 15.1 Å². The lowest BCUT2D eigenvalue weighted by molar-refractivity contribution is -0.135. The van der Waals surface area contributed by atoms with Crippen LogP contribution in [-0.4, -0.2) is 35.3 Å². The highest BCUT2D eigenvalue weighted by molar-refractivity contribution is 6.09. The predicted octanol–water partition coefficient (Wildman–Crippen LogP) is 3.17. The van der Waals surface area contributed by atoms with Crippen LogP contribution in [0, 0.1) is 5.92 Å². The number of nitrogens with one attached hydrogen (secondary N) is 2. The molecule has 27 heavy (non-hydrogen) atoms. The van der Waals surface area contributed by atoms with Gasteiger partial charge >= 0.3 is 6.03 Å². The van der Waals surface area contributed by atoms with Crippen molar-refractivity contribution in [3.05, 3.63) is 35.9 Å². The Labute approximate surface area is 161 Å². The summed E-state index contributed by atoms with van der Waals surface area (Å²) in [6.45, 7) is 7.93. The summed E-state index contributed by atoms with van der Waals surface area (Å²) in [5, 5.41) is 5.73. The molecule has 0 aliphatic carbocycles. The molecular weight excluding hydrogens is 342 g/mol. The van der Waals surface area contributed by atoms with Gasteiger partial charge in [0.05, 0.1) is 0 Å². The Morgan fingerprint density at radius 2 is 1.81 bits per heavy atom. The zero-order chi connectivity index (χ0) is 20.0. The molecule has 1 aromatic carbocycles. The summed E-state index contributed by atoms with van der Waals surface area (Å²) in [6.07, 6.45) is 3.10. The van der Waals surface area contributed by atoms with Gasteiger partial charge in [-0.1, -0.05) is 57.5 Å². The standard InChI is InChI=1S/C21H31N3O3/c1-5-13-21(17-9-7-6-8-10-17)19(26)24(20(27)23-21)14-18(25)22-16(4)12-11-15(2)3/h6-10,15-16H,5,11-14H2,1-4H3,(H,22,25)(H,23,27)/t16-,21-/m0/s1. The molecule has 1 fully saturated rings. The zero-order valence-electron chi connectivity index (χ0n) is 16.7. The van der Waals surface area contributed by atoms with Crippen molar-refractivity contribution in [3.8, 4) is 0 Å². The molecule has 2 N–H and O–H groups in total. The Hall–Kier alpha value is -2.37. The van der Waals surface area contributed by atoms with Crippen LogP contribution >= 0.6 is 0 Å². The lowest BCUT2D eigenvalue weighted by Gasteiger charge is -2.27. The molecule has 0 spiro atoms. The van der Waals surface area contributed by atoms with Crippen LogP contribution in [0.25, 0.3) is 0 Å². The van der Waals surface area contributed by atoms with Gasteiger partial charge in [-0.2, -0.15) is 0 Å². The van der Waals surface area contributed by atoms with E-state index in [1.807, 2.05) is 44.2 Å². The number of imide groups is 1. The maximum atomic E-state index is 13.1. The average molecular weight is 373 g/mol. The topological polar surface area (TPSA) is 78.5 Å². The minimum atomic E-state index is -1.09. The van der Waals surface area contributed by atoms with Gasteiger partial charge in [-0.15, -0.1) is 0 Å².